The third-order valence-corrected chi connectivity index (χ3v) is 10.0. The molecule has 1 aromatic rings. The molecule has 3 aliphatic rings. The molecule has 4 nitrogen and oxygen atoms in total. The van der Waals surface area contributed by atoms with Gasteiger partial charge in [0.05, 0.1) is 11.9 Å². The van der Waals surface area contributed by atoms with E-state index in [0.717, 1.165) is 43.2 Å². The van der Waals surface area contributed by atoms with Crippen LogP contribution in [0.3, 0.4) is 0 Å². The maximum absolute atomic E-state index is 13.5. The molecule has 0 aromatic heterocycles. The first-order valence-electron chi connectivity index (χ1n) is 12.1. The summed E-state index contributed by atoms with van der Waals surface area (Å²) in [5.74, 6) is -2.42. The van der Waals surface area contributed by atoms with Gasteiger partial charge in [-0.15, -0.1) is 18.3 Å². The van der Waals surface area contributed by atoms with E-state index in [1.54, 1.807) is 6.08 Å². The molecule has 0 heterocycles. The summed E-state index contributed by atoms with van der Waals surface area (Å²) in [7, 11) is 0. The number of carbonyl (C=O) groups excluding carboxylic acids is 2. The molecular formula is C27H34F2O4S. The zero-order valence-corrected chi connectivity index (χ0v) is 20.9. The first-order valence-corrected chi connectivity index (χ1v) is 13.1. The Bertz CT molecular complexity index is 983. The molecule has 0 aliphatic heterocycles. The first-order chi connectivity index (χ1) is 16.0. The van der Waals surface area contributed by atoms with E-state index in [2.05, 4.69) is 20.4 Å². The van der Waals surface area contributed by atoms with E-state index in [9.17, 15) is 23.5 Å². The molecule has 3 fully saturated rings. The van der Waals surface area contributed by atoms with Gasteiger partial charge in [-0.25, -0.2) is 8.78 Å². The number of ketones is 1. The number of benzene rings is 1. The zero-order valence-electron chi connectivity index (χ0n) is 20.1. The van der Waals surface area contributed by atoms with Crippen LogP contribution in [0.1, 0.15) is 52.9 Å². The summed E-state index contributed by atoms with van der Waals surface area (Å²) in [5, 5.41) is 11.5. The maximum atomic E-state index is 13.5. The van der Waals surface area contributed by atoms with Crippen LogP contribution in [0, 0.1) is 46.1 Å². The van der Waals surface area contributed by atoms with Gasteiger partial charge < -0.3 is 9.84 Å². The van der Waals surface area contributed by atoms with Crippen LogP contribution < -0.4 is 0 Å². The average molecular weight is 493 g/mol. The van der Waals surface area contributed by atoms with E-state index >= 15 is 0 Å². The van der Waals surface area contributed by atoms with Crippen molar-refractivity contribution in [1.82, 2.24) is 0 Å². The molecular weight excluding hydrogens is 458 g/mol. The summed E-state index contributed by atoms with van der Waals surface area (Å²) in [6.45, 7) is 10.1. The van der Waals surface area contributed by atoms with Crippen molar-refractivity contribution in [3.63, 3.8) is 0 Å². The molecule has 4 rings (SSSR count). The lowest BCUT2D eigenvalue weighted by atomic mass is 9.49. The van der Waals surface area contributed by atoms with Crippen LogP contribution >= 0.6 is 11.8 Å². The van der Waals surface area contributed by atoms with Gasteiger partial charge in [-0.2, -0.15) is 0 Å². The van der Waals surface area contributed by atoms with Crippen LogP contribution in [0.2, 0.25) is 0 Å². The second kappa shape index (κ2) is 9.38. The minimum atomic E-state index is -0.963. The smallest absolute Gasteiger partial charge is 0.316 e. The molecule has 34 heavy (non-hydrogen) atoms. The van der Waals surface area contributed by atoms with E-state index in [0.29, 0.717) is 17.7 Å². The molecule has 1 aromatic carbocycles. The van der Waals surface area contributed by atoms with E-state index in [4.69, 9.17) is 4.74 Å². The average Bonchev–Trinajstić information content (AvgIpc) is 3.15. The second-order valence-electron chi connectivity index (χ2n) is 10.8. The van der Waals surface area contributed by atoms with Gasteiger partial charge >= 0.3 is 5.97 Å². The molecule has 3 saturated carbocycles. The summed E-state index contributed by atoms with van der Waals surface area (Å²) < 4.78 is 32.8. The number of thioether (sulfide) groups is 1. The SMILES string of the molecule is C=C[C@]1(C)C[C@@H](OC(=O)CSc2ccc(F)c(F)c2)C2C(C)CCC3(CCC(=O)C23)[C@@H](C)[C@@H]1O. The Hall–Kier alpha value is -1.73. The van der Waals surface area contributed by atoms with E-state index < -0.39 is 35.2 Å². The van der Waals surface area contributed by atoms with Gasteiger partial charge in [0.1, 0.15) is 11.9 Å². The van der Waals surface area contributed by atoms with Gasteiger partial charge in [-0.1, -0.05) is 26.8 Å². The number of aliphatic hydroxyl groups excluding tert-OH is 1. The highest BCUT2D eigenvalue weighted by Crippen LogP contribution is 2.63. The highest BCUT2D eigenvalue weighted by molar-refractivity contribution is 8.00. The van der Waals surface area contributed by atoms with Gasteiger partial charge in [0.2, 0.25) is 0 Å². The molecule has 186 valence electrons. The third-order valence-electron chi connectivity index (χ3n) is 9.03. The van der Waals surface area contributed by atoms with Crippen molar-refractivity contribution >= 4 is 23.5 Å². The van der Waals surface area contributed by atoms with Crippen molar-refractivity contribution in [2.24, 2.45) is 34.5 Å². The molecule has 1 N–H and O–H groups in total. The Morgan fingerprint density at radius 3 is 2.71 bits per heavy atom. The molecule has 4 unspecified atom stereocenters. The van der Waals surface area contributed by atoms with Crippen LogP contribution in [0.5, 0.6) is 0 Å². The Labute approximate surface area is 204 Å². The lowest BCUT2D eigenvalue weighted by Crippen LogP contribution is -2.58. The summed E-state index contributed by atoms with van der Waals surface area (Å²) >= 11 is 1.08. The fourth-order valence-electron chi connectivity index (χ4n) is 7.01. The number of ether oxygens (including phenoxy) is 1. The van der Waals surface area contributed by atoms with Crippen molar-refractivity contribution in [3.05, 3.63) is 42.5 Å². The molecule has 0 spiro atoms. The van der Waals surface area contributed by atoms with E-state index in [1.807, 2.05) is 6.92 Å². The predicted molar refractivity (Wildman–Crippen MR) is 127 cm³/mol. The second-order valence-corrected chi connectivity index (χ2v) is 11.9. The molecule has 7 heteroatoms. The van der Waals surface area contributed by atoms with Gasteiger partial charge in [0.15, 0.2) is 11.6 Å². The van der Waals surface area contributed by atoms with Crippen molar-refractivity contribution < 1.29 is 28.2 Å². The van der Waals surface area contributed by atoms with Crippen LogP contribution in [-0.4, -0.2) is 34.8 Å². The number of aliphatic hydroxyl groups is 1. The van der Waals surface area contributed by atoms with Crippen LogP contribution in [0.15, 0.2) is 35.7 Å². The minimum absolute atomic E-state index is 0.0593. The van der Waals surface area contributed by atoms with Crippen molar-refractivity contribution in [2.75, 3.05) is 5.75 Å². The first kappa shape index (κ1) is 25.4. The lowest BCUT2D eigenvalue weighted by Gasteiger charge is -2.57. The number of halogens is 2. The molecule has 8 atom stereocenters. The largest absolute Gasteiger partial charge is 0.461 e. The standard InChI is InChI=1S/C27H34F2O4S/c1-5-26(4)13-21(33-22(31)14-34-17-6-7-18(28)19(29)12-17)23-15(2)8-10-27(16(3)25(26)32)11-9-20(30)24(23)27/h5-7,12,15-16,21,23-25,32H,1,8-11,13-14H2,2-4H3/t15?,16-,21+,23?,24?,25-,26+,27?/m0/s1. The number of hydrogen-bond donors (Lipinski definition) is 1. The van der Waals surface area contributed by atoms with Gasteiger partial charge in [-0.05, 0) is 61.1 Å². The summed E-state index contributed by atoms with van der Waals surface area (Å²) in [4.78, 5) is 26.6. The molecule has 0 amide bonds. The topological polar surface area (TPSA) is 63.6 Å². The maximum Gasteiger partial charge on any atom is 0.316 e. The normalized spacial score (nSPS) is 39.6. The molecule has 3 aliphatic carbocycles. The highest BCUT2D eigenvalue weighted by atomic mass is 32.2. The fourth-order valence-corrected chi connectivity index (χ4v) is 7.72. The number of carbonyl (C=O) groups is 2. The Kier molecular flexibility index (Phi) is 7.00. The lowest BCUT2D eigenvalue weighted by molar-refractivity contribution is -0.179. The Morgan fingerprint density at radius 2 is 2.03 bits per heavy atom. The predicted octanol–water partition coefficient (Wildman–Crippen LogP) is 5.57. The fraction of sp³-hybridized carbons (Fsp3) is 0.630. The van der Waals surface area contributed by atoms with Crippen molar-refractivity contribution in [2.45, 2.75) is 70.0 Å². The Morgan fingerprint density at radius 1 is 1.29 bits per heavy atom. The monoisotopic (exact) mass is 492 g/mol. The summed E-state index contributed by atoms with van der Waals surface area (Å²) in [6, 6.07) is 3.52. The zero-order chi connectivity index (χ0) is 24.8. The highest BCUT2D eigenvalue weighted by Gasteiger charge is 2.63. The number of rotatable bonds is 5. The number of hydrogen-bond acceptors (Lipinski definition) is 5. The molecule has 2 bridgehead atoms. The van der Waals surface area contributed by atoms with E-state index in [-0.39, 0.29) is 40.6 Å². The minimum Gasteiger partial charge on any atom is -0.461 e. The van der Waals surface area contributed by atoms with Gasteiger partial charge in [0, 0.05) is 28.6 Å². The number of esters is 1. The van der Waals surface area contributed by atoms with Crippen molar-refractivity contribution in [3.8, 4) is 0 Å². The third kappa shape index (κ3) is 4.23. The van der Waals surface area contributed by atoms with E-state index in [1.165, 1.54) is 6.07 Å². The summed E-state index contributed by atoms with van der Waals surface area (Å²) in [6.07, 6.45) is 3.99. The van der Waals surface area contributed by atoms with Gasteiger partial charge in [-0.3, -0.25) is 9.59 Å². The van der Waals surface area contributed by atoms with Crippen molar-refractivity contribution in [1.29, 1.82) is 0 Å². The van der Waals surface area contributed by atoms with Crippen LogP contribution in [0.25, 0.3) is 0 Å². The quantitative estimate of drug-likeness (QED) is 0.331. The summed E-state index contributed by atoms with van der Waals surface area (Å²) in [5.41, 5.74) is -0.958. The van der Waals surface area contributed by atoms with Crippen LogP contribution in [0.4, 0.5) is 8.78 Å². The number of Topliss-reactive ketones (excluding diaryl/α,β-unsaturated/α-hetero) is 1. The van der Waals surface area contributed by atoms with Gasteiger partial charge in [0.25, 0.3) is 0 Å². The molecule has 0 radical (unpaired) electrons. The van der Waals surface area contributed by atoms with Crippen LogP contribution in [-0.2, 0) is 14.3 Å². The Balaban J connectivity index is 1.61. The molecule has 0 saturated heterocycles.